The van der Waals surface area contributed by atoms with E-state index >= 15 is 0 Å². The van der Waals surface area contributed by atoms with Gasteiger partial charge in [-0.15, -0.1) is 0 Å². The predicted molar refractivity (Wildman–Crippen MR) is 90.6 cm³/mol. The fraction of sp³-hybridized carbons (Fsp3) is 0.158. The second-order valence-electron chi connectivity index (χ2n) is 5.60. The highest BCUT2D eigenvalue weighted by molar-refractivity contribution is 5.95. The molecule has 0 aliphatic heterocycles. The Bertz CT molecular complexity index is 854. The lowest BCUT2D eigenvalue weighted by molar-refractivity contribution is 0.0950. The molecule has 0 saturated carbocycles. The molecule has 0 unspecified atom stereocenters. The van der Waals surface area contributed by atoms with Gasteiger partial charge in [-0.05, 0) is 56.3 Å². The van der Waals surface area contributed by atoms with Crippen LogP contribution in [0.1, 0.15) is 27.4 Å². The number of pyridine rings is 1. The molecule has 3 rings (SSSR count). The van der Waals surface area contributed by atoms with Crippen molar-refractivity contribution in [3.63, 3.8) is 0 Å². The second-order valence-corrected chi connectivity index (χ2v) is 5.60. The van der Waals surface area contributed by atoms with Gasteiger partial charge in [0, 0.05) is 23.3 Å². The predicted octanol–water partition coefficient (Wildman–Crippen LogP) is 3.56. The third kappa shape index (κ3) is 3.20. The summed E-state index contributed by atoms with van der Waals surface area (Å²) in [7, 11) is 0. The minimum atomic E-state index is -0.283. The first-order chi connectivity index (χ1) is 11.6. The van der Waals surface area contributed by atoms with Crippen LogP contribution < -0.4 is 5.32 Å². The van der Waals surface area contributed by atoms with Gasteiger partial charge in [0.2, 0.25) is 0 Å². The number of carbonyl (C=O) groups excluding carboxylic acids is 1. The molecular formula is C19H18FN3O. The van der Waals surface area contributed by atoms with E-state index in [1.165, 1.54) is 12.1 Å². The van der Waals surface area contributed by atoms with Gasteiger partial charge in [0.15, 0.2) is 0 Å². The average molecular weight is 323 g/mol. The van der Waals surface area contributed by atoms with Crippen LogP contribution in [0, 0.1) is 19.7 Å². The van der Waals surface area contributed by atoms with Gasteiger partial charge in [0.25, 0.3) is 5.91 Å². The van der Waals surface area contributed by atoms with E-state index in [0.717, 1.165) is 22.8 Å². The maximum absolute atomic E-state index is 13.1. The Morgan fingerprint density at radius 1 is 1.17 bits per heavy atom. The lowest BCUT2D eigenvalue weighted by atomic mass is 10.2. The molecular weight excluding hydrogens is 305 g/mol. The molecule has 0 fully saturated rings. The van der Waals surface area contributed by atoms with E-state index in [1.54, 1.807) is 18.3 Å². The van der Waals surface area contributed by atoms with E-state index in [2.05, 4.69) is 10.3 Å². The van der Waals surface area contributed by atoms with Gasteiger partial charge < -0.3 is 9.88 Å². The van der Waals surface area contributed by atoms with E-state index in [-0.39, 0.29) is 11.7 Å². The number of carbonyl (C=O) groups is 1. The highest BCUT2D eigenvalue weighted by Gasteiger charge is 2.16. The Labute approximate surface area is 140 Å². The molecule has 5 heteroatoms. The molecule has 3 aromatic rings. The quantitative estimate of drug-likeness (QED) is 0.798. The summed E-state index contributed by atoms with van der Waals surface area (Å²) in [4.78, 5) is 16.7. The third-order valence-electron chi connectivity index (χ3n) is 3.92. The Hall–Kier alpha value is -2.95. The number of aryl methyl sites for hydroxylation is 1. The molecule has 0 atom stereocenters. The molecule has 0 saturated heterocycles. The van der Waals surface area contributed by atoms with E-state index in [0.29, 0.717) is 12.1 Å². The number of nitrogens with zero attached hydrogens (tertiary/aromatic N) is 2. The fourth-order valence-corrected chi connectivity index (χ4v) is 2.75. The number of benzene rings is 1. The van der Waals surface area contributed by atoms with Crippen LogP contribution in [0.2, 0.25) is 0 Å². The first-order valence-corrected chi connectivity index (χ1v) is 7.69. The Kier molecular flexibility index (Phi) is 4.42. The standard InChI is InChI=1S/C19H18FN3O/c1-13-11-18(19(24)22-12-16-5-3-4-10-21-16)14(2)23(13)17-8-6-15(20)7-9-17/h3-11H,12H2,1-2H3,(H,22,24). The lowest BCUT2D eigenvalue weighted by Gasteiger charge is -2.10. The highest BCUT2D eigenvalue weighted by Crippen LogP contribution is 2.21. The Balaban J connectivity index is 1.83. The first kappa shape index (κ1) is 15.9. The van der Waals surface area contributed by atoms with Crippen molar-refractivity contribution in [3.8, 4) is 5.69 Å². The summed E-state index contributed by atoms with van der Waals surface area (Å²) in [6.07, 6.45) is 1.70. The molecule has 0 spiro atoms. The fourth-order valence-electron chi connectivity index (χ4n) is 2.75. The molecule has 1 amide bonds. The lowest BCUT2D eigenvalue weighted by Crippen LogP contribution is -2.23. The van der Waals surface area contributed by atoms with Crippen molar-refractivity contribution >= 4 is 5.91 Å². The number of hydrogen-bond donors (Lipinski definition) is 1. The van der Waals surface area contributed by atoms with E-state index < -0.39 is 0 Å². The SMILES string of the molecule is Cc1cc(C(=O)NCc2ccccn2)c(C)n1-c1ccc(F)cc1. The zero-order valence-electron chi connectivity index (χ0n) is 13.6. The van der Waals surface area contributed by atoms with Crippen molar-refractivity contribution in [2.24, 2.45) is 0 Å². The van der Waals surface area contributed by atoms with Crippen LogP contribution in [0.25, 0.3) is 5.69 Å². The zero-order chi connectivity index (χ0) is 17.1. The molecule has 0 bridgehead atoms. The summed E-state index contributed by atoms with van der Waals surface area (Å²) in [6, 6.07) is 13.6. The summed E-state index contributed by atoms with van der Waals surface area (Å²) in [5.74, 6) is -0.434. The van der Waals surface area contributed by atoms with Gasteiger partial charge in [0.05, 0.1) is 17.8 Å². The van der Waals surface area contributed by atoms with Crippen molar-refractivity contribution in [1.82, 2.24) is 14.9 Å². The Morgan fingerprint density at radius 2 is 1.92 bits per heavy atom. The molecule has 0 aliphatic carbocycles. The number of hydrogen-bond acceptors (Lipinski definition) is 2. The maximum Gasteiger partial charge on any atom is 0.253 e. The summed E-state index contributed by atoms with van der Waals surface area (Å²) >= 11 is 0. The van der Waals surface area contributed by atoms with Crippen molar-refractivity contribution in [2.75, 3.05) is 0 Å². The molecule has 4 nitrogen and oxygen atoms in total. The maximum atomic E-state index is 13.1. The van der Waals surface area contributed by atoms with Crippen LogP contribution >= 0.6 is 0 Å². The van der Waals surface area contributed by atoms with Gasteiger partial charge >= 0.3 is 0 Å². The molecule has 1 aromatic carbocycles. The minimum absolute atomic E-state index is 0.151. The number of rotatable bonds is 4. The number of aromatic nitrogens is 2. The minimum Gasteiger partial charge on any atom is -0.346 e. The third-order valence-corrected chi connectivity index (χ3v) is 3.92. The molecule has 2 aromatic heterocycles. The van der Waals surface area contributed by atoms with E-state index in [1.807, 2.05) is 42.7 Å². The van der Waals surface area contributed by atoms with Crippen LogP contribution in [0.4, 0.5) is 4.39 Å². The first-order valence-electron chi connectivity index (χ1n) is 7.69. The summed E-state index contributed by atoms with van der Waals surface area (Å²) in [6.45, 7) is 4.18. The van der Waals surface area contributed by atoms with Gasteiger partial charge in [-0.1, -0.05) is 6.07 Å². The van der Waals surface area contributed by atoms with Crippen LogP contribution in [-0.2, 0) is 6.54 Å². The van der Waals surface area contributed by atoms with E-state index in [4.69, 9.17) is 0 Å². The van der Waals surface area contributed by atoms with Crippen molar-refractivity contribution < 1.29 is 9.18 Å². The Morgan fingerprint density at radius 3 is 2.58 bits per heavy atom. The average Bonchev–Trinajstić information content (AvgIpc) is 2.89. The molecule has 1 N–H and O–H groups in total. The van der Waals surface area contributed by atoms with Crippen molar-refractivity contribution in [1.29, 1.82) is 0 Å². The second kappa shape index (κ2) is 6.66. The van der Waals surface area contributed by atoms with Crippen molar-refractivity contribution in [3.05, 3.63) is 83.2 Å². The smallest absolute Gasteiger partial charge is 0.253 e. The van der Waals surface area contributed by atoms with Gasteiger partial charge in [-0.2, -0.15) is 0 Å². The molecule has 122 valence electrons. The van der Waals surface area contributed by atoms with Crippen molar-refractivity contribution in [2.45, 2.75) is 20.4 Å². The summed E-state index contributed by atoms with van der Waals surface area (Å²) < 4.78 is 15.1. The summed E-state index contributed by atoms with van der Waals surface area (Å²) in [5, 5.41) is 2.88. The number of halogens is 1. The number of nitrogens with one attached hydrogen (secondary N) is 1. The highest BCUT2D eigenvalue weighted by atomic mass is 19.1. The molecule has 2 heterocycles. The normalized spacial score (nSPS) is 10.6. The van der Waals surface area contributed by atoms with Crippen LogP contribution in [0.5, 0.6) is 0 Å². The zero-order valence-corrected chi connectivity index (χ0v) is 13.6. The van der Waals surface area contributed by atoms with Crippen LogP contribution in [0.15, 0.2) is 54.7 Å². The van der Waals surface area contributed by atoms with Gasteiger partial charge in [-0.3, -0.25) is 9.78 Å². The van der Waals surface area contributed by atoms with Gasteiger partial charge in [0.1, 0.15) is 5.82 Å². The number of amides is 1. The largest absolute Gasteiger partial charge is 0.346 e. The molecule has 0 radical (unpaired) electrons. The van der Waals surface area contributed by atoms with Gasteiger partial charge in [-0.25, -0.2) is 4.39 Å². The summed E-state index contributed by atoms with van der Waals surface area (Å²) in [5.41, 5.74) is 3.97. The molecule has 24 heavy (non-hydrogen) atoms. The topological polar surface area (TPSA) is 46.9 Å². The monoisotopic (exact) mass is 323 g/mol. The molecule has 0 aliphatic rings. The van der Waals surface area contributed by atoms with Crippen LogP contribution in [-0.4, -0.2) is 15.5 Å². The van der Waals surface area contributed by atoms with Crippen LogP contribution in [0.3, 0.4) is 0 Å². The van der Waals surface area contributed by atoms with E-state index in [9.17, 15) is 9.18 Å².